The Kier molecular flexibility index (Phi) is 8.86. The number of hydrogen-bond acceptors (Lipinski definition) is 2. The summed E-state index contributed by atoms with van der Waals surface area (Å²) in [6.45, 7) is 11.7. The Labute approximate surface area is 150 Å². The van der Waals surface area contributed by atoms with Crippen LogP contribution in [0.5, 0.6) is 0 Å². The fourth-order valence-electron chi connectivity index (χ4n) is 2.47. The van der Waals surface area contributed by atoms with Gasteiger partial charge in [0.2, 0.25) is 0 Å². The number of rotatable bonds is 6. The second-order valence-electron chi connectivity index (χ2n) is 5.78. The quantitative estimate of drug-likeness (QED) is 0.798. The van der Waals surface area contributed by atoms with Crippen LogP contribution in [0.15, 0.2) is 48.5 Å². The Bertz CT molecular complexity index is 649. The Morgan fingerprint density at radius 3 is 2.00 bits per heavy atom. The normalized spacial score (nSPS) is 11.6. The SMILES string of the molecule is CC(C(=O)O)c1ccc(-c2ccccc2)c(F)c1.CCN(CC)CC. The predicted octanol–water partition coefficient (Wildman–Crippen LogP) is 5.03. The molecule has 136 valence electrons. The summed E-state index contributed by atoms with van der Waals surface area (Å²) >= 11 is 0. The van der Waals surface area contributed by atoms with Gasteiger partial charge < -0.3 is 10.0 Å². The van der Waals surface area contributed by atoms with Crippen molar-refractivity contribution in [2.24, 2.45) is 0 Å². The second kappa shape index (κ2) is 10.6. The van der Waals surface area contributed by atoms with Gasteiger partial charge in [-0.05, 0) is 43.8 Å². The van der Waals surface area contributed by atoms with Crippen molar-refractivity contribution >= 4 is 5.97 Å². The molecular formula is C21H28FNO2. The summed E-state index contributed by atoms with van der Waals surface area (Å²) in [4.78, 5) is 13.2. The average Bonchev–Trinajstić information content (AvgIpc) is 2.63. The van der Waals surface area contributed by atoms with Gasteiger partial charge in [-0.1, -0.05) is 63.2 Å². The number of hydrogen-bond donors (Lipinski definition) is 1. The van der Waals surface area contributed by atoms with E-state index in [9.17, 15) is 9.18 Å². The third-order valence-electron chi connectivity index (χ3n) is 4.29. The maximum absolute atomic E-state index is 14.0. The lowest BCUT2D eigenvalue weighted by Crippen LogP contribution is -2.21. The molecule has 1 atom stereocenters. The van der Waals surface area contributed by atoms with Crippen molar-refractivity contribution in [1.29, 1.82) is 0 Å². The van der Waals surface area contributed by atoms with Crippen molar-refractivity contribution < 1.29 is 14.3 Å². The van der Waals surface area contributed by atoms with Crippen molar-refractivity contribution in [2.75, 3.05) is 19.6 Å². The number of carboxylic acid groups (broad SMARTS) is 1. The van der Waals surface area contributed by atoms with Crippen LogP contribution in [0.4, 0.5) is 4.39 Å². The molecule has 2 rings (SSSR count). The van der Waals surface area contributed by atoms with E-state index in [4.69, 9.17) is 5.11 Å². The first-order chi connectivity index (χ1) is 11.9. The zero-order valence-corrected chi connectivity index (χ0v) is 15.5. The van der Waals surface area contributed by atoms with Crippen molar-refractivity contribution in [3.05, 3.63) is 59.9 Å². The number of carbonyl (C=O) groups is 1. The van der Waals surface area contributed by atoms with Crippen LogP contribution in [0.3, 0.4) is 0 Å². The fraction of sp³-hybridized carbons (Fsp3) is 0.381. The first-order valence-electron chi connectivity index (χ1n) is 8.74. The minimum atomic E-state index is -0.957. The van der Waals surface area contributed by atoms with E-state index < -0.39 is 17.7 Å². The Balaban J connectivity index is 0.000000381. The molecule has 0 amide bonds. The van der Waals surface area contributed by atoms with Gasteiger partial charge >= 0.3 is 5.97 Å². The molecule has 3 nitrogen and oxygen atoms in total. The van der Waals surface area contributed by atoms with E-state index in [2.05, 4.69) is 25.7 Å². The first kappa shape index (κ1) is 20.8. The van der Waals surface area contributed by atoms with Gasteiger partial charge in [0, 0.05) is 5.56 Å². The van der Waals surface area contributed by atoms with Crippen LogP contribution < -0.4 is 0 Å². The van der Waals surface area contributed by atoms with Crippen LogP contribution in [-0.4, -0.2) is 35.6 Å². The van der Waals surface area contributed by atoms with Crippen LogP contribution in [0, 0.1) is 5.82 Å². The molecule has 25 heavy (non-hydrogen) atoms. The molecular weight excluding hydrogens is 317 g/mol. The van der Waals surface area contributed by atoms with Gasteiger partial charge in [-0.3, -0.25) is 4.79 Å². The Morgan fingerprint density at radius 2 is 1.60 bits per heavy atom. The third kappa shape index (κ3) is 6.31. The van der Waals surface area contributed by atoms with E-state index in [-0.39, 0.29) is 0 Å². The molecule has 0 aliphatic carbocycles. The van der Waals surface area contributed by atoms with E-state index in [1.54, 1.807) is 19.1 Å². The fourth-order valence-corrected chi connectivity index (χ4v) is 2.47. The lowest BCUT2D eigenvalue weighted by Gasteiger charge is -2.13. The molecule has 0 spiro atoms. The van der Waals surface area contributed by atoms with Crippen molar-refractivity contribution in [2.45, 2.75) is 33.6 Å². The molecule has 0 saturated carbocycles. The standard InChI is InChI=1S/C15H13FO2.C6H15N/c1-10(15(17)18)12-7-8-13(14(16)9-12)11-5-3-2-4-6-11;1-4-7(5-2)6-3/h2-10H,1H3,(H,17,18);4-6H2,1-3H3. The number of halogens is 1. The van der Waals surface area contributed by atoms with Crippen LogP contribution >= 0.6 is 0 Å². The molecule has 0 saturated heterocycles. The highest BCUT2D eigenvalue weighted by Crippen LogP contribution is 2.26. The average molecular weight is 345 g/mol. The zero-order chi connectivity index (χ0) is 18.8. The van der Waals surface area contributed by atoms with E-state index in [0.29, 0.717) is 11.1 Å². The van der Waals surface area contributed by atoms with Crippen molar-refractivity contribution in [3.63, 3.8) is 0 Å². The molecule has 1 N–H and O–H groups in total. The highest BCUT2D eigenvalue weighted by atomic mass is 19.1. The molecule has 4 heteroatoms. The van der Waals surface area contributed by atoms with Crippen LogP contribution in [0.25, 0.3) is 11.1 Å². The molecule has 0 aliphatic rings. The summed E-state index contributed by atoms with van der Waals surface area (Å²) in [6, 6.07) is 13.7. The number of aliphatic carboxylic acids is 1. The van der Waals surface area contributed by atoms with Gasteiger partial charge in [0.15, 0.2) is 0 Å². The van der Waals surface area contributed by atoms with Crippen LogP contribution in [0.2, 0.25) is 0 Å². The summed E-state index contributed by atoms with van der Waals surface area (Å²) in [6.07, 6.45) is 0. The van der Waals surface area contributed by atoms with E-state index >= 15 is 0 Å². The van der Waals surface area contributed by atoms with E-state index in [1.807, 2.05) is 30.3 Å². The summed E-state index contributed by atoms with van der Waals surface area (Å²) in [5.41, 5.74) is 1.74. The molecule has 0 aromatic heterocycles. The molecule has 2 aromatic rings. The third-order valence-corrected chi connectivity index (χ3v) is 4.29. The topological polar surface area (TPSA) is 40.5 Å². The molecule has 0 fully saturated rings. The molecule has 0 heterocycles. The van der Waals surface area contributed by atoms with Gasteiger partial charge in [-0.25, -0.2) is 4.39 Å². The maximum Gasteiger partial charge on any atom is 0.310 e. The van der Waals surface area contributed by atoms with Crippen LogP contribution in [0.1, 0.15) is 39.2 Å². The van der Waals surface area contributed by atoms with Gasteiger partial charge in [0.1, 0.15) is 5.82 Å². The lowest BCUT2D eigenvalue weighted by molar-refractivity contribution is -0.138. The highest BCUT2D eigenvalue weighted by Gasteiger charge is 2.15. The van der Waals surface area contributed by atoms with Gasteiger partial charge in [0.25, 0.3) is 0 Å². The van der Waals surface area contributed by atoms with Crippen LogP contribution in [-0.2, 0) is 4.79 Å². The number of nitrogens with zero attached hydrogens (tertiary/aromatic N) is 1. The summed E-state index contributed by atoms with van der Waals surface area (Å²) < 4.78 is 14.0. The minimum Gasteiger partial charge on any atom is -0.481 e. The highest BCUT2D eigenvalue weighted by molar-refractivity contribution is 5.76. The van der Waals surface area contributed by atoms with E-state index in [0.717, 1.165) is 5.56 Å². The zero-order valence-electron chi connectivity index (χ0n) is 15.5. The molecule has 1 unspecified atom stereocenters. The number of carboxylic acids is 1. The van der Waals surface area contributed by atoms with Gasteiger partial charge in [-0.2, -0.15) is 0 Å². The molecule has 0 radical (unpaired) electrons. The minimum absolute atomic E-state index is 0.396. The summed E-state index contributed by atoms with van der Waals surface area (Å²) in [7, 11) is 0. The summed E-state index contributed by atoms with van der Waals surface area (Å²) in [5.74, 6) is -2.06. The maximum atomic E-state index is 14.0. The molecule has 2 aromatic carbocycles. The monoisotopic (exact) mass is 345 g/mol. The number of benzene rings is 2. The first-order valence-corrected chi connectivity index (χ1v) is 8.74. The van der Waals surface area contributed by atoms with E-state index in [1.165, 1.54) is 25.7 Å². The summed E-state index contributed by atoms with van der Waals surface area (Å²) in [5, 5.41) is 8.89. The molecule has 0 bridgehead atoms. The second-order valence-corrected chi connectivity index (χ2v) is 5.78. The van der Waals surface area contributed by atoms with Gasteiger partial charge in [0.05, 0.1) is 5.92 Å². The van der Waals surface area contributed by atoms with Crippen molar-refractivity contribution in [3.8, 4) is 11.1 Å². The largest absolute Gasteiger partial charge is 0.481 e. The Morgan fingerprint density at radius 1 is 1.04 bits per heavy atom. The smallest absolute Gasteiger partial charge is 0.310 e. The lowest BCUT2D eigenvalue weighted by atomic mass is 9.97. The van der Waals surface area contributed by atoms with Crippen molar-refractivity contribution in [1.82, 2.24) is 4.90 Å². The van der Waals surface area contributed by atoms with Gasteiger partial charge in [-0.15, -0.1) is 0 Å². The predicted molar refractivity (Wildman–Crippen MR) is 101 cm³/mol. The Hall–Kier alpha value is -2.20. The molecule has 0 aliphatic heterocycles.